The van der Waals surface area contributed by atoms with Crippen LogP contribution in [0.15, 0.2) is 0 Å². The average molecular weight is 228 g/mol. The molecule has 0 aromatic heterocycles. The van der Waals surface area contributed by atoms with Crippen molar-refractivity contribution in [1.29, 1.82) is 0 Å². The summed E-state index contributed by atoms with van der Waals surface area (Å²) < 4.78 is 0. The van der Waals surface area contributed by atoms with Gasteiger partial charge < -0.3 is 15.0 Å². The number of hydrogen-bond donors (Lipinski definition) is 2. The van der Waals surface area contributed by atoms with E-state index in [0.717, 1.165) is 0 Å². The summed E-state index contributed by atoms with van der Waals surface area (Å²) in [6.45, 7) is 3.67. The van der Waals surface area contributed by atoms with Gasteiger partial charge in [-0.05, 0) is 12.3 Å². The maximum absolute atomic E-state index is 11.5. The van der Waals surface area contributed by atoms with Gasteiger partial charge in [0.05, 0.1) is 12.2 Å². The average Bonchev–Trinajstić information content (AvgIpc) is 2.48. The first kappa shape index (κ1) is 13.3. The smallest absolute Gasteiger partial charge is 0.135 e. The molecule has 0 spiro atoms. The van der Waals surface area contributed by atoms with E-state index in [0.29, 0.717) is 19.1 Å². The molecule has 1 saturated carbocycles. The number of aldehydes is 1. The molecule has 0 aromatic carbocycles. The standard InChI is InChI=1S/C12H20O4/c1-7(2)10(14)4-3-8-9(6-13)12(16)5-11(8)15/h6-9,11-12,15-16H,3-5H2,1-2H3/t8-,9+,11-,12+/m0/s1. The van der Waals surface area contributed by atoms with Crippen molar-refractivity contribution < 1.29 is 19.8 Å². The second-order valence-electron chi connectivity index (χ2n) is 4.91. The molecule has 0 aliphatic heterocycles. The Bertz CT molecular complexity index is 262. The van der Waals surface area contributed by atoms with Crippen molar-refractivity contribution in [2.75, 3.05) is 0 Å². The Hall–Kier alpha value is -0.740. The Morgan fingerprint density at radius 1 is 1.38 bits per heavy atom. The van der Waals surface area contributed by atoms with Crippen molar-refractivity contribution in [3.63, 3.8) is 0 Å². The quantitative estimate of drug-likeness (QED) is 0.674. The van der Waals surface area contributed by atoms with Gasteiger partial charge in [0.25, 0.3) is 0 Å². The third kappa shape index (κ3) is 2.89. The van der Waals surface area contributed by atoms with Gasteiger partial charge in [0.15, 0.2) is 0 Å². The molecule has 92 valence electrons. The molecule has 0 radical (unpaired) electrons. The number of hydrogen-bond acceptors (Lipinski definition) is 4. The summed E-state index contributed by atoms with van der Waals surface area (Å²) in [5, 5.41) is 19.2. The Balaban J connectivity index is 2.52. The number of aliphatic hydroxyl groups excluding tert-OH is 2. The molecular formula is C12H20O4. The van der Waals surface area contributed by atoms with E-state index in [1.54, 1.807) is 0 Å². The molecule has 4 atom stereocenters. The van der Waals surface area contributed by atoms with Gasteiger partial charge >= 0.3 is 0 Å². The fourth-order valence-electron chi connectivity index (χ4n) is 2.30. The van der Waals surface area contributed by atoms with Gasteiger partial charge in [0.2, 0.25) is 0 Å². The Labute approximate surface area is 95.7 Å². The van der Waals surface area contributed by atoms with Gasteiger partial charge in [0.1, 0.15) is 12.1 Å². The molecule has 1 rings (SSSR count). The lowest BCUT2D eigenvalue weighted by atomic mass is 9.88. The number of carbonyl (C=O) groups is 2. The number of carbonyl (C=O) groups excluding carboxylic acids is 2. The lowest BCUT2D eigenvalue weighted by Crippen LogP contribution is -2.24. The summed E-state index contributed by atoms with van der Waals surface area (Å²) in [6, 6.07) is 0. The molecule has 4 nitrogen and oxygen atoms in total. The molecule has 4 heteroatoms. The third-order valence-electron chi connectivity index (χ3n) is 3.44. The molecule has 2 N–H and O–H groups in total. The highest BCUT2D eigenvalue weighted by molar-refractivity contribution is 5.80. The van der Waals surface area contributed by atoms with Gasteiger partial charge in [-0.25, -0.2) is 0 Å². The molecule has 0 saturated heterocycles. The van der Waals surface area contributed by atoms with Crippen LogP contribution in [-0.4, -0.2) is 34.5 Å². The van der Waals surface area contributed by atoms with Gasteiger partial charge in [-0.1, -0.05) is 13.8 Å². The van der Waals surface area contributed by atoms with E-state index >= 15 is 0 Å². The normalized spacial score (nSPS) is 34.3. The van der Waals surface area contributed by atoms with E-state index in [4.69, 9.17) is 0 Å². The van der Waals surface area contributed by atoms with E-state index in [2.05, 4.69) is 0 Å². The highest BCUT2D eigenvalue weighted by Gasteiger charge is 2.41. The maximum Gasteiger partial charge on any atom is 0.135 e. The van der Waals surface area contributed by atoms with E-state index in [1.165, 1.54) is 0 Å². The predicted molar refractivity (Wildman–Crippen MR) is 58.8 cm³/mol. The molecule has 0 unspecified atom stereocenters. The summed E-state index contributed by atoms with van der Waals surface area (Å²) >= 11 is 0. The maximum atomic E-state index is 11.5. The van der Waals surface area contributed by atoms with Crippen molar-refractivity contribution in [3.05, 3.63) is 0 Å². The second-order valence-corrected chi connectivity index (χ2v) is 4.91. The SMILES string of the molecule is CC(C)C(=O)CC[C@H]1[C@@H](C=O)[C@H](O)C[C@@H]1O. The van der Waals surface area contributed by atoms with Crippen molar-refractivity contribution >= 4 is 12.1 Å². The lowest BCUT2D eigenvalue weighted by Gasteiger charge is -2.18. The van der Waals surface area contributed by atoms with Crippen LogP contribution < -0.4 is 0 Å². The molecule has 16 heavy (non-hydrogen) atoms. The molecule has 1 fully saturated rings. The number of rotatable bonds is 5. The highest BCUT2D eigenvalue weighted by Crippen LogP contribution is 2.34. The number of Topliss-reactive ketones (excluding diaryl/α,β-unsaturated/α-hetero) is 1. The van der Waals surface area contributed by atoms with E-state index in [9.17, 15) is 19.8 Å². The minimum atomic E-state index is -0.758. The highest BCUT2D eigenvalue weighted by atomic mass is 16.3. The minimum Gasteiger partial charge on any atom is -0.393 e. The Kier molecular flexibility index (Phi) is 4.62. The predicted octanol–water partition coefficient (Wildman–Crippen LogP) is 0.548. The molecule has 1 aliphatic rings. The lowest BCUT2D eigenvalue weighted by molar-refractivity contribution is -0.123. The van der Waals surface area contributed by atoms with Gasteiger partial charge in [-0.3, -0.25) is 4.79 Å². The molecule has 0 aromatic rings. The van der Waals surface area contributed by atoms with Gasteiger partial charge in [-0.15, -0.1) is 0 Å². The van der Waals surface area contributed by atoms with Crippen molar-refractivity contribution in [2.45, 2.75) is 45.3 Å². The first-order chi connectivity index (χ1) is 7.47. The van der Waals surface area contributed by atoms with Crippen LogP contribution in [0.3, 0.4) is 0 Å². The Morgan fingerprint density at radius 3 is 2.50 bits per heavy atom. The first-order valence-corrected chi connectivity index (χ1v) is 5.81. The fourth-order valence-corrected chi connectivity index (χ4v) is 2.30. The zero-order valence-electron chi connectivity index (χ0n) is 9.80. The zero-order valence-corrected chi connectivity index (χ0v) is 9.80. The van der Waals surface area contributed by atoms with Crippen LogP contribution in [-0.2, 0) is 9.59 Å². The van der Waals surface area contributed by atoms with Crippen molar-refractivity contribution in [2.24, 2.45) is 17.8 Å². The van der Waals surface area contributed by atoms with Crippen LogP contribution in [0.2, 0.25) is 0 Å². The van der Waals surface area contributed by atoms with Crippen LogP contribution in [0.4, 0.5) is 0 Å². The van der Waals surface area contributed by atoms with Crippen LogP contribution >= 0.6 is 0 Å². The van der Waals surface area contributed by atoms with Crippen LogP contribution in [0.5, 0.6) is 0 Å². The molecule has 1 aliphatic carbocycles. The van der Waals surface area contributed by atoms with Crippen LogP contribution in [0.1, 0.15) is 33.1 Å². The minimum absolute atomic E-state index is 0.0156. The van der Waals surface area contributed by atoms with Gasteiger partial charge in [0, 0.05) is 24.7 Å². The summed E-state index contributed by atoms with van der Waals surface area (Å²) in [5.41, 5.74) is 0. The molecule has 0 amide bonds. The van der Waals surface area contributed by atoms with Crippen LogP contribution in [0, 0.1) is 17.8 Å². The third-order valence-corrected chi connectivity index (χ3v) is 3.44. The fraction of sp³-hybridized carbons (Fsp3) is 0.833. The van der Waals surface area contributed by atoms with Crippen molar-refractivity contribution in [3.8, 4) is 0 Å². The van der Waals surface area contributed by atoms with E-state index < -0.39 is 18.1 Å². The Morgan fingerprint density at radius 2 is 2.00 bits per heavy atom. The second kappa shape index (κ2) is 5.55. The molecule has 0 heterocycles. The largest absolute Gasteiger partial charge is 0.393 e. The van der Waals surface area contributed by atoms with Crippen LogP contribution in [0.25, 0.3) is 0 Å². The summed E-state index contributed by atoms with van der Waals surface area (Å²) in [6.07, 6.45) is 0.376. The monoisotopic (exact) mass is 228 g/mol. The topological polar surface area (TPSA) is 74.6 Å². The molecular weight excluding hydrogens is 208 g/mol. The summed E-state index contributed by atoms with van der Waals surface area (Å²) in [4.78, 5) is 22.2. The van der Waals surface area contributed by atoms with Gasteiger partial charge in [-0.2, -0.15) is 0 Å². The zero-order chi connectivity index (χ0) is 12.3. The first-order valence-electron chi connectivity index (χ1n) is 5.81. The number of ketones is 1. The van der Waals surface area contributed by atoms with E-state index in [-0.39, 0.29) is 24.0 Å². The summed E-state index contributed by atoms with van der Waals surface area (Å²) in [5.74, 6) is -0.665. The molecule has 0 bridgehead atoms. The van der Waals surface area contributed by atoms with Crippen molar-refractivity contribution in [1.82, 2.24) is 0 Å². The summed E-state index contributed by atoms with van der Waals surface area (Å²) in [7, 11) is 0. The van der Waals surface area contributed by atoms with E-state index in [1.807, 2.05) is 13.8 Å². The number of aliphatic hydroxyl groups is 2.